The predicted molar refractivity (Wildman–Crippen MR) is 188 cm³/mol. The van der Waals surface area contributed by atoms with Gasteiger partial charge < -0.3 is 9.97 Å². The van der Waals surface area contributed by atoms with E-state index in [-0.39, 0.29) is 0 Å². The Bertz CT molecular complexity index is 1830. The maximum Gasteiger partial charge on any atom is 0.0465 e. The summed E-state index contributed by atoms with van der Waals surface area (Å²) in [5, 5.41) is 0. The summed E-state index contributed by atoms with van der Waals surface area (Å²) in [4.78, 5) is 12.6. The van der Waals surface area contributed by atoms with E-state index in [9.17, 15) is 0 Å². The summed E-state index contributed by atoms with van der Waals surface area (Å²) in [6, 6.07) is 52.8. The van der Waals surface area contributed by atoms with Crippen molar-refractivity contribution in [1.29, 1.82) is 0 Å². The highest BCUT2D eigenvalue weighted by Gasteiger charge is 2.18. The van der Waals surface area contributed by atoms with Crippen LogP contribution in [0, 0.1) is 0 Å². The van der Waals surface area contributed by atoms with Gasteiger partial charge in [0.1, 0.15) is 0 Å². The van der Waals surface area contributed by atoms with E-state index in [0.29, 0.717) is 0 Å². The Balaban J connectivity index is 1.30. The van der Waals surface area contributed by atoms with E-state index in [1.807, 2.05) is 22.7 Å². The Hall–Kier alpha value is -5.16. The van der Waals surface area contributed by atoms with Crippen molar-refractivity contribution in [2.45, 2.75) is 0 Å². The average Bonchev–Trinajstić information content (AvgIpc) is 3.91. The van der Waals surface area contributed by atoms with Crippen LogP contribution >= 0.6 is 22.7 Å². The molecule has 4 aromatic carbocycles. The molecule has 0 spiro atoms. The summed E-state index contributed by atoms with van der Waals surface area (Å²) in [5.41, 5.74) is 14.2. The highest BCUT2D eigenvalue weighted by atomic mass is 32.1. The zero-order valence-corrected chi connectivity index (χ0v) is 25.3. The molecule has 0 amide bonds. The van der Waals surface area contributed by atoms with Gasteiger partial charge in [-0.3, -0.25) is 0 Å². The first-order valence-electron chi connectivity index (χ1n) is 14.8. The fourth-order valence-corrected chi connectivity index (χ4v) is 8.57. The fraction of sp³-hybridized carbons (Fsp3) is 0. The fourth-order valence-electron chi connectivity index (χ4n) is 6.40. The van der Waals surface area contributed by atoms with Crippen LogP contribution in [0.1, 0.15) is 0 Å². The van der Waals surface area contributed by atoms with Crippen molar-refractivity contribution in [2.24, 2.45) is 0 Å². The third-order valence-corrected chi connectivity index (χ3v) is 10.8. The monoisotopic (exact) mass is 598 g/mol. The number of thiophene rings is 2. The van der Waals surface area contributed by atoms with E-state index in [1.165, 1.54) is 64.0 Å². The van der Waals surface area contributed by atoms with Gasteiger partial charge in [-0.2, -0.15) is 0 Å². The quantitative estimate of drug-likeness (QED) is 0.174. The van der Waals surface area contributed by atoms with Gasteiger partial charge in [0, 0.05) is 86.8 Å². The Morgan fingerprint density at radius 2 is 0.477 bits per heavy atom. The second kappa shape index (κ2) is 10.2. The number of H-pyrrole nitrogens is 2. The predicted octanol–water partition coefficient (Wildman–Crippen LogP) is 12.1. The number of aromatic amines is 2. The van der Waals surface area contributed by atoms with Crippen molar-refractivity contribution >= 4 is 22.7 Å². The smallest absolute Gasteiger partial charge is 0.0465 e. The normalized spacial score (nSPS) is 11.6. The molecule has 1 aliphatic heterocycles. The lowest BCUT2D eigenvalue weighted by molar-refractivity contribution is 1.39. The molecule has 4 aromatic heterocycles. The summed E-state index contributed by atoms with van der Waals surface area (Å²) in [6.07, 6.45) is 0. The van der Waals surface area contributed by atoms with Gasteiger partial charge in [-0.15, -0.1) is 22.7 Å². The van der Waals surface area contributed by atoms with Crippen LogP contribution in [0.3, 0.4) is 0 Å². The molecular weight excluding hydrogens is 573 g/mol. The maximum atomic E-state index is 3.79. The molecule has 0 atom stereocenters. The van der Waals surface area contributed by atoms with Crippen LogP contribution in [0.25, 0.3) is 86.8 Å². The molecule has 2 N–H and O–H groups in total. The topological polar surface area (TPSA) is 31.6 Å². The van der Waals surface area contributed by atoms with Gasteiger partial charge in [0.15, 0.2) is 0 Å². The van der Waals surface area contributed by atoms with Gasteiger partial charge in [-0.1, -0.05) is 97.1 Å². The Morgan fingerprint density at radius 3 is 0.727 bits per heavy atom. The first-order valence-corrected chi connectivity index (χ1v) is 16.4. The number of rotatable bonds is 0. The zero-order valence-electron chi connectivity index (χ0n) is 23.7. The Kier molecular flexibility index (Phi) is 5.90. The summed E-state index contributed by atoms with van der Waals surface area (Å²) < 4.78 is 0. The first kappa shape index (κ1) is 25.3. The van der Waals surface area contributed by atoms with Gasteiger partial charge in [-0.05, 0) is 48.5 Å². The number of hydrogen-bond donors (Lipinski definition) is 2. The lowest BCUT2D eigenvalue weighted by Gasteiger charge is -2.10. The van der Waals surface area contributed by atoms with Gasteiger partial charge in [0.2, 0.25) is 0 Å². The molecule has 9 rings (SSSR count). The maximum absolute atomic E-state index is 3.79. The highest BCUT2D eigenvalue weighted by molar-refractivity contribution is 7.19. The molecule has 0 saturated heterocycles. The zero-order chi connectivity index (χ0) is 29.0. The van der Waals surface area contributed by atoms with Crippen molar-refractivity contribution < 1.29 is 0 Å². The van der Waals surface area contributed by atoms with Crippen molar-refractivity contribution in [3.05, 3.63) is 146 Å². The first-order chi connectivity index (χ1) is 21.8. The number of nitrogens with one attached hydrogen (secondary N) is 2. The van der Waals surface area contributed by atoms with Gasteiger partial charge in [0.25, 0.3) is 0 Å². The molecule has 208 valence electrons. The molecule has 0 aliphatic carbocycles. The molecule has 0 unspecified atom stereocenters. The summed E-state index contributed by atoms with van der Waals surface area (Å²) in [6.45, 7) is 0. The lowest BCUT2D eigenvalue weighted by Crippen LogP contribution is -1.86. The second-order valence-electron chi connectivity index (χ2n) is 11.1. The van der Waals surface area contributed by atoms with E-state index in [1.54, 1.807) is 0 Å². The summed E-state index contributed by atoms with van der Waals surface area (Å²) in [7, 11) is 0. The molecule has 5 heterocycles. The van der Waals surface area contributed by atoms with Gasteiger partial charge in [0.05, 0.1) is 0 Å². The van der Waals surface area contributed by atoms with E-state index >= 15 is 0 Å². The molecule has 2 nitrogen and oxygen atoms in total. The molecule has 8 bridgehead atoms. The lowest BCUT2D eigenvalue weighted by atomic mass is 10.0. The third-order valence-electron chi connectivity index (χ3n) is 8.51. The molecule has 0 saturated carbocycles. The molecule has 1 aliphatic rings. The SMILES string of the molecule is c1ccc2c(c1)-c1ccc([nH]1)-c1ccccc1-c1ccc(s1)-c1ccccc1-c1ccc([nH]1)-c1ccccc1-c1ccc-2s1. The largest absolute Gasteiger partial charge is 0.355 e. The Labute approximate surface area is 264 Å². The number of fused-ring (bicyclic) bond motifs is 20. The highest BCUT2D eigenvalue weighted by Crippen LogP contribution is 2.45. The van der Waals surface area contributed by atoms with E-state index in [2.05, 4.69) is 156 Å². The van der Waals surface area contributed by atoms with Crippen LogP contribution in [0.15, 0.2) is 146 Å². The van der Waals surface area contributed by atoms with Crippen molar-refractivity contribution in [3.63, 3.8) is 0 Å². The second-order valence-corrected chi connectivity index (χ2v) is 13.2. The number of hydrogen-bond acceptors (Lipinski definition) is 2. The van der Waals surface area contributed by atoms with Crippen molar-refractivity contribution in [3.8, 4) is 86.8 Å². The van der Waals surface area contributed by atoms with Crippen LogP contribution in [-0.2, 0) is 0 Å². The van der Waals surface area contributed by atoms with E-state index in [0.717, 1.165) is 22.8 Å². The van der Waals surface area contributed by atoms with Crippen LogP contribution in [-0.4, -0.2) is 9.97 Å². The molecule has 8 aromatic rings. The number of aromatic nitrogens is 2. The molecule has 44 heavy (non-hydrogen) atoms. The van der Waals surface area contributed by atoms with Crippen LogP contribution in [0.5, 0.6) is 0 Å². The van der Waals surface area contributed by atoms with Crippen molar-refractivity contribution in [1.82, 2.24) is 9.97 Å². The van der Waals surface area contributed by atoms with Crippen molar-refractivity contribution in [2.75, 3.05) is 0 Å². The van der Waals surface area contributed by atoms with Crippen LogP contribution < -0.4 is 0 Å². The van der Waals surface area contributed by atoms with Crippen LogP contribution in [0.2, 0.25) is 0 Å². The molecular formula is C40H26N2S2. The third kappa shape index (κ3) is 4.15. The molecule has 0 fully saturated rings. The van der Waals surface area contributed by atoms with E-state index in [4.69, 9.17) is 0 Å². The molecule has 4 heteroatoms. The minimum absolute atomic E-state index is 1.12. The van der Waals surface area contributed by atoms with E-state index < -0.39 is 0 Å². The average molecular weight is 599 g/mol. The van der Waals surface area contributed by atoms with Crippen LogP contribution in [0.4, 0.5) is 0 Å². The summed E-state index contributed by atoms with van der Waals surface area (Å²) >= 11 is 3.69. The van der Waals surface area contributed by atoms with Gasteiger partial charge in [-0.25, -0.2) is 0 Å². The number of benzene rings is 4. The van der Waals surface area contributed by atoms with Gasteiger partial charge >= 0.3 is 0 Å². The Morgan fingerprint density at radius 1 is 0.250 bits per heavy atom. The minimum Gasteiger partial charge on any atom is -0.355 e. The standard InChI is InChI=1S/C40H26N2S2/c1-5-13-29-25(9-1)33-17-18-34(41-33)26-10-2-6-14-30(26)39-23-24-40(44-39)32-16-8-4-12-28(32)36-20-19-35(42-36)27-11-3-7-15-31(27)38-22-21-37(29)43-38/h1-24,41-42H. The molecule has 0 radical (unpaired) electrons. The summed E-state index contributed by atoms with van der Waals surface area (Å²) in [5.74, 6) is 0. The minimum atomic E-state index is 1.12.